The number of carboxylic acids is 1. The zero-order valence-corrected chi connectivity index (χ0v) is 53.3. The van der Waals surface area contributed by atoms with Gasteiger partial charge in [0.1, 0.15) is 35.9 Å². The highest BCUT2D eigenvalue weighted by Crippen LogP contribution is 2.49. The third-order valence-corrected chi connectivity index (χ3v) is 15.6. The molecule has 25 heteroatoms. The van der Waals surface area contributed by atoms with Gasteiger partial charge >= 0.3 is 36.6 Å². The number of alkyl halides is 10. The molecule has 4 N–H and O–H groups in total. The minimum absolute atomic E-state index is 0.00580. The van der Waals surface area contributed by atoms with Crippen LogP contribution < -0.4 is 19.9 Å². The Hall–Kier alpha value is -7.57. The average Bonchev–Trinajstić information content (AvgIpc) is 1.67. The largest absolute Gasteiger partial charge is 0.508 e. The van der Waals surface area contributed by atoms with Gasteiger partial charge in [-0.05, 0) is 210 Å². The summed E-state index contributed by atoms with van der Waals surface area (Å²) in [5.41, 5.74) is 3.46. The molecule has 5 aromatic rings. The first-order chi connectivity index (χ1) is 43.5. The lowest BCUT2D eigenvalue weighted by Crippen LogP contribution is -2.45. The number of esters is 1. The van der Waals surface area contributed by atoms with Gasteiger partial charge in [0.25, 0.3) is 0 Å². The van der Waals surface area contributed by atoms with Crippen LogP contribution in [0, 0.1) is 0 Å². The molecule has 0 aromatic heterocycles. The number of rotatable bonds is 18. The van der Waals surface area contributed by atoms with Gasteiger partial charge in [-0.25, -0.2) is 4.79 Å². The number of phenolic OH excluding ortho intramolecular Hbond substituents is 1. The number of aliphatic hydroxyl groups is 1. The molecule has 0 unspecified atom stereocenters. The fourth-order valence-corrected chi connectivity index (χ4v) is 10.7. The van der Waals surface area contributed by atoms with Crippen LogP contribution in [0.1, 0.15) is 172 Å². The SMILES string of the molecule is CC(C)(C)OC(=O)CCN(CC(=O)N1CCc2cc(O)ccc21)C(=O)OC(C)(C)C.FC(F)(F)c1ccc(CCl)cc1C1CC1.O=C(O)CCNCC(=O)N1CCc2cc(OCc3ccc(C(F)(F)F)c(C4CC4)c3)ccc21.OCc1ccc(C(F)(F)F)c(C2CC2)c1. The van der Waals surface area contributed by atoms with Crippen molar-refractivity contribution in [2.45, 2.75) is 172 Å². The van der Waals surface area contributed by atoms with Crippen LogP contribution in [0.25, 0.3) is 0 Å². The molecule has 5 aliphatic rings. The van der Waals surface area contributed by atoms with Crippen molar-refractivity contribution in [3.63, 3.8) is 0 Å². The Bertz CT molecular complexity index is 3390. The van der Waals surface area contributed by atoms with E-state index < -0.39 is 64.5 Å². The number of nitrogens with zero attached hydrogens (tertiary/aromatic N) is 3. The fourth-order valence-electron chi connectivity index (χ4n) is 10.5. The van der Waals surface area contributed by atoms with Gasteiger partial charge in [-0.1, -0.05) is 36.4 Å². The molecule has 0 spiro atoms. The number of aliphatic carboxylic acids is 1. The second-order valence-corrected chi connectivity index (χ2v) is 25.7. The number of carboxylic acid groups (broad SMARTS) is 1. The highest BCUT2D eigenvalue weighted by molar-refractivity contribution is 6.17. The molecule has 3 saturated carbocycles. The number of nitrogens with one attached hydrogen (secondary N) is 1. The number of carbonyl (C=O) groups excluding carboxylic acids is 4. The second kappa shape index (κ2) is 30.7. The quantitative estimate of drug-likeness (QED) is 0.0281. The highest BCUT2D eigenvalue weighted by Gasteiger charge is 2.41. The van der Waals surface area contributed by atoms with Crippen molar-refractivity contribution in [3.05, 3.63) is 152 Å². The Balaban J connectivity index is 0.000000186. The summed E-state index contributed by atoms with van der Waals surface area (Å²) < 4.78 is 132. The number of aliphatic hydroxyl groups excluding tert-OH is 1. The molecule has 10 rings (SSSR count). The topological polar surface area (TPSA) is 195 Å². The summed E-state index contributed by atoms with van der Waals surface area (Å²) in [6, 6.07) is 22.5. The number of carbonyl (C=O) groups is 5. The third-order valence-electron chi connectivity index (χ3n) is 15.3. The molecular weight excluding hydrogens is 1260 g/mol. The van der Waals surface area contributed by atoms with Crippen molar-refractivity contribution < 1.29 is 93.0 Å². The maximum atomic E-state index is 13.3. The molecule has 2 heterocycles. The Morgan fingerprint density at radius 2 is 1.05 bits per heavy atom. The number of amides is 3. The van der Waals surface area contributed by atoms with Crippen LogP contribution in [-0.2, 0) is 79.1 Å². The summed E-state index contributed by atoms with van der Waals surface area (Å²) in [4.78, 5) is 65.1. The van der Waals surface area contributed by atoms with Gasteiger partial charge in [0.15, 0.2) is 0 Å². The highest BCUT2D eigenvalue weighted by atomic mass is 35.5. The molecule has 0 atom stereocenters. The van der Waals surface area contributed by atoms with Crippen molar-refractivity contribution in [2.75, 3.05) is 49.1 Å². The lowest BCUT2D eigenvalue weighted by molar-refractivity contribution is -0.155. The zero-order valence-electron chi connectivity index (χ0n) is 52.6. The van der Waals surface area contributed by atoms with Gasteiger partial charge in [-0.15, -0.1) is 11.6 Å². The summed E-state index contributed by atoms with van der Waals surface area (Å²) in [5, 5.41) is 30.0. The van der Waals surface area contributed by atoms with E-state index in [0.717, 1.165) is 79.1 Å². The minimum Gasteiger partial charge on any atom is -0.508 e. The van der Waals surface area contributed by atoms with Gasteiger partial charge in [-0.2, -0.15) is 39.5 Å². The number of hydrogen-bond donors (Lipinski definition) is 4. The van der Waals surface area contributed by atoms with Gasteiger partial charge in [0.05, 0.1) is 42.7 Å². The fraction of sp³-hybridized carbons (Fsp3) is 0.485. The lowest BCUT2D eigenvalue weighted by Gasteiger charge is -2.29. The van der Waals surface area contributed by atoms with E-state index in [9.17, 15) is 68.6 Å². The van der Waals surface area contributed by atoms with E-state index in [0.29, 0.717) is 65.2 Å². The average molecular weight is 1330 g/mol. The van der Waals surface area contributed by atoms with Crippen molar-refractivity contribution >= 4 is 52.8 Å². The van der Waals surface area contributed by atoms with Crippen LogP contribution in [-0.4, -0.2) is 101 Å². The third kappa shape index (κ3) is 22.0. The minimum atomic E-state index is -4.35. The van der Waals surface area contributed by atoms with Crippen LogP contribution in [0.4, 0.5) is 55.7 Å². The smallest absolute Gasteiger partial charge is 0.416 e. The molecular formula is C68H78ClF9N4O11. The number of ether oxygens (including phenoxy) is 3. The molecule has 0 bridgehead atoms. The van der Waals surface area contributed by atoms with Crippen LogP contribution in [0.2, 0.25) is 0 Å². The Morgan fingerprint density at radius 3 is 1.53 bits per heavy atom. The predicted molar refractivity (Wildman–Crippen MR) is 330 cm³/mol. The van der Waals surface area contributed by atoms with Crippen molar-refractivity contribution in [1.29, 1.82) is 0 Å². The summed E-state index contributed by atoms with van der Waals surface area (Å²) in [5.74, 6) is -0.690. The molecule has 3 fully saturated rings. The van der Waals surface area contributed by atoms with E-state index in [2.05, 4.69) is 5.32 Å². The predicted octanol–water partition coefficient (Wildman–Crippen LogP) is 14.8. The number of halogens is 10. The summed E-state index contributed by atoms with van der Waals surface area (Å²) >= 11 is 5.61. The van der Waals surface area contributed by atoms with E-state index in [1.165, 1.54) is 35.2 Å². The van der Waals surface area contributed by atoms with Crippen molar-refractivity contribution in [3.8, 4) is 11.5 Å². The first-order valence-corrected chi connectivity index (χ1v) is 31.1. The first kappa shape index (κ1) is 72.8. The zero-order chi connectivity index (χ0) is 68.4. The number of phenols is 1. The van der Waals surface area contributed by atoms with E-state index >= 15 is 0 Å². The van der Waals surface area contributed by atoms with Crippen LogP contribution >= 0.6 is 11.6 Å². The van der Waals surface area contributed by atoms with Crippen LogP contribution in [0.15, 0.2) is 91.0 Å². The van der Waals surface area contributed by atoms with Gasteiger partial charge in [0.2, 0.25) is 11.8 Å². The summed E-state index contributed by atoms with van der Waals surface area (Å²) in [6.45, 7) is 11.5. The maximum absolute atomic E-state index is 13.3. The molecule has 506 valence electrons. The van der Waals surface area contributed by atoms with E-state index in [1.807, 2.05) is 6.07 Å². The van der Waals surface area contributed by atoms with Crippen molar-refractivity contribution in [1.82, 2.24) is 10.2 Å². The molecule has 3 aliphatic carbocycles. The molecule has 5 aromatic carbocycles. The molecule has 93 heavy (non-hydrogen) atoms. The molecule has 3 amide bonds. The van der Waals surface area contributed by atoms with E-state index in [-0.39, 0.29) is 93.4 Å². The number of fused-ring (bicyclic) bond motifs is 2. The molecule has 2 aliphatic heterocycles. The van der Waals surface area contributed by atoms with Gasteiger partial charge in [0, 0.05) is 43.4 Å². The molecule has 0 radical (unpaired) electrons. The number of anilines is 2. The van der Waals surface area contributed by atoms with E-state index in [4.69, 9.17) is 36.0 Å². The summed E-state index contributed by atoms with van der Waals surface area (Å²) in [7, 11) is 0. The Labute approximate surface area is 539 Å². The Kier molecular flexibility index (Phi) is 24.0. The van der Waals surface area contributed by atoms with Crippen molar-refractivity contribution in [2.24, 2.45) is 0 Å². The van der Waals surface area contributed by atoms with Crippen LogP contribution in [0.5, 0.6) is 11.5 Å². The normalized spacial score (nSPS) is 15.3. The second-order valence-electron chi connectivity index (χ2n) is 25.4. The van der Waals surface area contributed by atoms with E-state index in [1.54, 1.807) is 87.7 Å². The Morgan fingerprint density at radius 1 is 0.591 bits per heavy atom. The summed E-state index contributed by atoms with van der Waals surface area (Å²) in [6.07, 6.45) is -7.45. The number of benzene rings is 5. The standard InChI is InChI=1S/C24H25F3N2O4.C22H32N2O6.C11H10ClF3.C11H11F3O/c25-24(26,27)20-5-1-15(11-19(20)16-2-3-16)14-33-18-4-6-21-17(12-18)8-10-29(21)22(30)13-28-9-7-23(31)32;1-21(2,3)29-19(27)10-11-23(20(28)30-22(4,5)6)14-18(26)24-12-9-15-13-16(25)7-8-17(15)24;12-6-7-1-4-10(11(13,14)15)9(5-7)8-2-3-8;12-11(13,14)10-4-1-7(6-15)5-9(10)8-2-3-8/h1,4-6,11-12,16,28H,2-3,7-10,13-14H2,(H,31,32);7-8,13,25H,9-12,14H2,1-6H3;1,4-5,8H,2-3,6H2;1,4-5,8,15H,2-3,6H2. The molecule has 15 nitrogen and oxygen atoms in total. The lowest BCUT2D eigenvalue weighted by atomic mass is 10.00. The first-order valence-electron chi connectivity index (χ1n) is 30.6. The monoisotopic (exact) mass is 1330 g/mol. The number of hydrogen-bond acceptors (Lipinski definition) is 11. The van der Waals surface area contributed by atoms with Gasteiger partial charge in [-0.3, -0.25) is 24.1 Å². The van der Waals surface area contributed by atoms with Gasteiger partial charge < -0.3 is 44.6 Å². The molecule has 0 saturated heterocycles. The maximum Gasteiger partial charge on any atom is 0.416 e. The van der Waals surface area contributed by atoms with Crippen LogP contribution in [0.3, 0.4) is 0 Å². The number of aromatic hydroxyl groups is 1.